The maximum Gasteiger partial charge on any atom is 0.166 e. The Balaban J connectivity index is 2.18. The van der Waals surface area contributed by atoms with E-state index >= 15 is 0 Å². The molecule has 3 atom stereocenters. The third-order valence-electron chi connectivity index (χ3n) is 3.43. The monoisotopic (exact) mass is 224 g/mol. The van der Waals surface area contributed by atoms with Crippen molar-refractivity contribution in [1.82, 2.24) is 0 Å². The van der Waals surface area contributed by atoms with Crippen molar-refractivity contribution in [2.45, 2.75) is 42.4 Å². The van der Waals surface area contributed by atoms with Crippen molar-refractivity contribution in [3.63, 3.8) is 0 Å². The number of ether oxygens (including phenoxy) is 2. The lowest BCUT2D eigenvalue weighted by molar-refractivity contribution is -0.261. The number of methoxy groups -OCH3 is 1. The van der Waals surface area contributed by atoms with E-state index in [1.54, 1.807) is 7.11 Å². The molecule has 2 nitrogen and oxygen atoms in total. The molecule has 13 heavy (non-hydrogen) atoms. The lowest BCUT2D eigenvalue weighted by Crippen LogP contribution is -2.40. The molecule has 0 spiro atoms. The highest BCUT2D eigenvalue weighted by Crippen LogP contribution is 2.69. The molecule has 0 aromatic carbocycles. The van der Waals surface area contributed by atoms with Gasteiger partial charge in [0.25, 0.3) is 0 Å². The van der Waals surface area contributed by atoms with Crippen molar-refractivity contribution >= 4 is 23.2 Å². The summed E-state index contributed by atoms with van der Waals surface area (Å²) in [5.41, 5.74) is -0.418. The molecule has 1 heterocycles. The molecule has 1 saturated carbocycles. The fraction of sp³-hybridized carbons (Fsp3) is 1.00. The first-order chi connectivity index (χ1) is 5.86. The minimum atomic E-state index is -0.719. The van der Waals surface area contributed by atoms with E-state index in [4.69, 9.17) is 32.7 Å². The molecule has 1 saturated heterocycles. The van der Waals surface area contributed by atoms with E-state index in [-0.39, 0.29) is 5.92 Å². The van der Waals surface area contributed by atoms with Gasteiger partial charge in [-0.2, -0.15) is 0 Å². The average molecular weight is 225 g/mol. The van der Waals surface area contributed by atoms with E-state index in [0.717, 1.165) is 12.8 Å². The Bertz CT molecular complexity index is 244. The first-order valence-corrected chi connectivity index (χ1v) is 5.24. The van der Waals surface area contributed by atoms with Crippen molar-refractivity contribution in [2.24, 2.45) is 5.92 Å². The maximum atomic E-state index is 6.12. The van der Waals surface area contributed by atoms with E-state index in [1.807, 2.05) is 13.8 Å². The fourth-order valence-corrected chi connectivity index (χ4v) is 3.10. The van der Waals surface area contributed by atoms with E-state index in [0.29, 0.717) is 0 Å². The van der Waals surface area contributed by atoms with Gasteiger partial charge in [0.2, 0.25) is 0 Å². The van der Waals surface area contributed by atoms with Crippen molar-refractivity contribution in [1.29, 1.82) is 0 Å². The Kier molecular flexibility index (Phi) is 1.96. The zero-order chi connectivity index (χ0) is 9.91. The van der Waals surface area contributed by atoms with Crippen LogP contribution >= 0.6 is 23.2 Å². The van der Waals surface area contributed by atoms with Crippen molar-refractivity contribution in [3.8, 4) is 0 Å². The normalized spacial score (nSPS) is 52.8. The molecular formula is C9H14Cl2O2. The SMILES string of the molecule is COC1(C)CCC2C(Cl)(Cl)C2(C)O1. The van der Waals surface area contributed by atoms with Gasteiger partial charge in [-0.05, 0) is 20.3 Å². The van der Waals surface area contributed by atoms with Gasteiger partial charge < -0.3 is 9.47 Å². The lowest BCUT2D eigenvalue weighted by atomic mass is 10.0. The summed E-state index contributed by atoms with van der Waals surface area (Å²) in [7, 11) is 1.65. The summed E-state index contributed by atoms with van der Waals surface area (Å²) in [5.74, 6) is -0.261. The summed E-state index contributed by atoms with van der Waals surface area (Å²) in [6.07, 6.45) is 1.82. The lowest BCUT2D eigenvalue weighted by Gasteiger charge is -2.35. The minimum Gasteiger partial charge on any atom is -0.353 e. The summed E-state index contributed by atoms with van der Waals surface area (Å²) < 4.78 is 10.4. The van der Waals surface area contributed by atoms with Gasteiger partial charge in [0.05, 0.1) is 0 Å². The van der Waals surface area contributed by atoms with Crippen LogP contribution in [-0.2, 0) is 9.47 Å². The molecule has 3 unspecified atom stereocenters. The molecular weight excluding hydrogens is 211 g/mol. The first kappa shape index (κ1) is 10.0. The number of rotatable bonds is 1. The van der Waals surface area contributed by atoms with E-state index in [9.17, 15) is 0 Å². The van der Waals surface area contributed by atoms with Crippen LogP contribution in [0.25, 0.3) is 0 Å². The molecule has 1 aliphatic heterocycles. The Morgan fingerprint density at radius 1 is 1.38 bits per heavy atom. The van der Waals surface area contributed by atoms with Gasteiger partial charge in [0.1, 0.15) is 5.60 Å². The van der Waals surface area contributed by atoms with Gasteiger partial charge in [-0.25, -0.2) is 0 Å². The Hall–Kier alpha value is 0.500. The number of alkyl halides is 2. The third-order valence-corrected chi connectivity index (χ3v) is 4.71. The summed E-state index contributed by atoms with van der Waals surface area (Å²) >= 11 is 12.2. The van der Waals surface area contributed by atoms with Crippen LogP contribution in [0.15, 0.2) is 0 Å². The van der Waals surface area contributed by atoms with Crippen LogP contribution in [0, 0.1) is 5.92 Å². The Labute approximate surface area is 88.5 Å². The molecule has 0 bridgehead atoms. The number of hydrogen-bond donors (Lipinski definition) is 0. The highest BCUT2D eigenvalue weighted by atomic mass is 35.5. The Morgan fingerprint density at radius 3 is 2.46 bits per heavy atom. The second kappa shape index (κ2) is 2.54. The standard InChI is InChI=1S/C9H14Cl2O2/c1-7(12-3)5-4-6-8(2,13-7)9(6,10)11/h6H,4-5H2,1-3H3. The summed E-state index contributed by atoms with van der Waals surface area (Å²) in [6.45, 7) is 3.88. The van der Waals surface area contributed by atoms with Gasteiger partial charge in [-0.1, -0.05) is 23.2 Å². The zero-order valence-corrected chi connectivity index (χ0v) is 9.58. The average Bonchev–Trinajstić information content (AvgIpc) is 2.45. The molecule has 2 rings (SSSR count). The largest absolute Gasteiger partial charge is 0.353 e. The van der Waals surface area contributed by atoms with Crippen molar-refractivity contribution < 1.29 is 9.47 Å². The summed E-state index contributed by atoms with van der Waals surface area (Å²) in [5, 5.41) is 0. The summed E-state index contributed by atoms with van der Waals surface area (Å²) in [4.78, 5) is 0. The fourth-order valence-electron chi connectivity index (χ4n) is 2.24. The molecule has 0 aromatic rings. The Morgan fingerprint density at radius 2 is 2.00 bits per heavy atom. The number of fused-ring (bicyclic) bond motifs is 1. The maximum absolute atomic E-state index is 6.12. The van der Waals surface area contributed by atoms with Crippen molar-refractivity contribution in [3.05, 3.63) is 0 Å². The molecule has 0 amide bonds. The second-order valence-electron chi connectivity index (χ2n) is 4.26. The van der Waals surface area contributed by atoms with Crippen LogP contribution in [0.2, 0.25) is 0 Å². The van der Waals surface area contributed by atoms with Gasteiger partial charge in [-0.15, -0.1) is 0 Å². The molecule has 0 N–H and O–H groups in total. The van der Waals surface area contributed by atoms with Gasteiger partial charge in [0.15, 0.2) is 10.1 Å². The first-order valence-electron chi connectivity index (χ1n) is 4.49. The number of hydrogen-bond acceptors (Lipinski definition) is 2. The van der Waals surface area contributed by atoms with Crippen LogP contribution in [-0.4, -0.2) is 22.8 Å². The smallest absolute Gasteiger partial charge is 0.166 e. The highest BCUT2D eigenvalue weighted by molar-refractivity contribution is 6.52. The highest BCUT2D eigenvalue weighted by Gasteiger charge is 2.77. The molecule has 2 fully saturated rings. The second-order valence-corrected chi connectivity index (χ2v) is 5.65. The zero-order valence-electron chi connectivity index (χ0n) is 8.06. The topological polar surface area (TPSA) is 18.5 Å². The summed E-state index contributed by atoms with van der Waals surface area (Å²) in [6, 6.07) is 0. The molecule has 2 aliphatic rings. The minimum absolute atomic E-state index is 0.256. The molecule has 1 aliphatic carbocycles. The van der Waals surface area contributed by atoms with Gasteiger partial charge >= 0.3 is 0 Å². The van der Waals surface area contributed by atoms with Gasteiger partial charge in [0, 0.05) is 19.4 Å². The van der Waals surface area contributed by atoms with Crippen LogP contribution in [0.1, 0.15) is 26.7 Å². The van der Waals surface area contributed by atoms with Crippen LogP contribution in [0.3, 0.4) is 0 Å². The molecule has 4 heteroatoms. The van der Waals surface area contributed by atoms with E-state index in [1.165, 1.54) is 0 Å². The number of halogens is 2. The van der Waals surface area contributed by atoms with Crippen LogP contribution < -0.4 is 0 Å². The molecule has 0 radical (unpaired) electrons. The quantitative estimate of drug-likeness (QED) is 0.639. The van der Waals surface area contributed by atoms with Crippen LogP contribution in [0.4, 0.5) is 0 Å². The third kappa shape index (κ3) is 1.16. The van der Waals surface area contributed by atoms with E-state index in [2.05, 4.69) is 0 Å². The molecule has 0 aromatic heterocycles. The van der Waals surface area contributed by atoms with Crippen molar-refractivity contribution in [2.75, 3.05) is 7.11 Å². The molecule has 76 valence electrons. The van der Waals surface area contributed by atoms with Crippen LogP contribution in [0.5, 0.6) is 0 Å². The predicted molar refractivity (Wildman–Crippen MR) is 52.1 cm³/mol. The predicted octanol–water partition coefficient (Wildman–Crippen LogP) is 2.72. The van der Waals surface area contributed by atoms with E-state index < -0.39 is 15.7 Å². The van der Waals surface area contributed by atoms with Gasteiger partial charge in [-0.3, -0.25) is 0 Å².